The predicted octanol–water partition coefficient (Wildman–Crippen LogP) is 2.91. The molecule has 3 rings (SSSR count). The van der Waals surface area contributed by atoms with Crippen LogP contribution in [0.15, 0.2) is 24.3 Å². The zero-order valence-electron chi connectivity index (χ0n) is 11.8. The van der Waals surface area contributed by atoms with E-state index in [0.717, 1.165) is 19.3 Å². The van der Waals surface area contributed by atoms with E-state index in [9.17, 15) is 9.59 Å². The van der Waals surface area contributed by atoms with Crippen LogP contribution in [0.1, 0.15) is 36.5 Å². The molecule has 1 N–H and O–H groups in total. The van der Waals surface area contributed by atoms with Crippen molar-refractivity contribution >= 4 is 17.4 Å². The minimum Gasteiger partial charge on any atom is -0.454 e. The van der Waals surface area contributed by atoms with E-state index in [1.54, 1.807) is 12.1 Å². The summed E-state index contributed by atoms with van der Waals surface area (Å²) in [6.07, 6.45) is 6.61. The molecule has 110 valence electrons. The summed E-state index contributed by atoms with van der Waals surface area (Å²) in [5.74, 6) is 0.880. The van der Waals surface area contributed by atoms with Gasteiger partial charge in [-0.3, -0.25) is 9.59 Å². The molecule has 1 aliphatic carbocycles. The molecule has 5 nitrogen and oxygen atoms in total. The number of carbonyl (C=O) groups excluding carboxylic acids is 2. The van der Waals surface area contributed by atoms with Crippen LogP contribution >= 0.6 is 0 Å². The number of amides is 1. The standard InChI is InChI=1S/C16H17NO4/c1-10(18)12-7-14-15(21-9-20-14)8-13(12)17-16(19)11-5-3-2-4-6-11/h2-3,7-8,11H,4-6,9H2,1H3,(H,17,19)/t11-/m0/s1. The number of ether oxygens (including phenoxy) is 2. The third-order valence-electron chi connectivity index (χ3n) is 3.79. The Balaban J connectivity index is 1.85. The highest BCUT2D eigenvalue weighted by Gasteiger charge is 2.23. The fourth-order valence-electron chi connectivity index (χ4n) is 2.60. The van der Waals surface area contributed by atoms with Crippen molar-refractivity contribution in [3.63, 3.8) is 0 Å². The summed E-state index contributed by atoms with van der Waals surface area (Å²) in [6, 6.07) is 3.29. The smallest absolute Gasteiger partial charge is 0.231 e. The third kappa shape index (κ3) is 2.77. The van der Waals surface area contributed by atoms with Gasteiger partial charge in [0, 0.05) is 17.5 Å². The van der Waals surface area contributed by atoms with Crippen LogP contribution in [0, 0.1) is 5.92 Å². The maximum Gasteiger partial charge on any atom is 0.231 e. The molecular formula is C16H17NO4. The number of carbonyl (C=O) groups is 2. The summed E-state index contributed by atoms with van der Waals surface area (Å²) in [5.41, 5.74) is 0.935. The molecular weight excluding hydrogens is 270 g/mol. The van der Waals surface area contributed by atoms with Crippen LogP contribution in [0.5, 0.6) is 11.5 Å². The van der Waals surface area contributed by atoms with Crippen LogP contribution in [0.2, 0.25) is 0 Å². The second kappa shape index (κ2) is 5.60. The number of nitrogens with one attached hydrogen (secondary N) is 1. The van der Waals surface area contributed by atoms with Gasteiger partial charge in [-0.05, 0) is 32.3 Å². The van der Waals surface area contributed by atoms with Crippen molar-refractivity contribution in [2.45, 2.75) is 26.2 Å². The summed E-state index contributed by atoms with van der Waals surface area (Å²) in [4.78, 5) is 24.1. The van der Waals surface area contributed by atoms with Crippen molar-refractivity contribution < 1.29 is 19.1 Å². The van der Waals surface area contributed by atoms with Gasteiger partial charge in [-0.2, -0.15) is 0 Å². The summed E-state index contributed by atoms with van der Waals surface area (Å²) < 4.78 is 10.6. The number of benzene rings is 1. The van der Waals surface area contributed by atoms with Crippen LogP contribution in [-0.2, 0) is 4.79 Å². The van der Waals surface area contributed by atoms with E-state index in [4.69, 9.17) is 9.47 Å². The summed E-state index contributed by atoms with van der Waals surface area (Å²) in [7, 11) is 0. The van der Waals surface area contributed by atoms with Gasteiger partial charge < -0.3 is 14.8 Å². The minimum absolute atomic E-state index is 0.0415. The average molecular weight is 287 g/mol. The zero-order valence-corrected chi connectivity index (χ0v) is 11.8. The molecule has 1 aromatic rings. The van der Waals surface area contributed by atoms with E-state index in [1.807, 2.05) is 6.08 Å². The predicted molar refractivity (Wildman–Crippen MR) is 77.7 cm³/mol. The molecule has 1 aromatic carbocycles. The SMILES string of the molecule is CC(=O)c1cc2c(cc1NC(=O)[C@H]1CC=CCC1)OCO2. The molecule has 21 heavy (non-hydrogen) atoms. The van der Waals surface area contributed by atoms with Gasteiger partial charge in [-0.15, -0.1) is 0 Å². The highest BCUT2D eigenvalue weighted by Crippen LogP contribution is 2.37. The normalized spacial score (nSPS) is 19.4. The monoisotopic (exact) mass is 287 g/mol. The number of rotatable bonds is 3. The summed E-state index contributed by atoms with van der Waals surface area (Å²) in [6.45, 7) is 1.61. The molecule has 0 saturated heterocycles. The molecule has 0 radical (unpaired) electrons. The lowest BCUT2D eigenvalue weighted by Crippen LogP contribution is -2.24. The van der Waals surface area contributed by atoms with Crippen molar-refractivity contribution in [2.24, 2.45) is 5.92 Å². The van der Waals surface area contributed by atoms with E-state index in [0.29, 0.717) is 22.7 Å². The zero-order chi connectivity index (χ0) is 14.8. The first-order valence-electron chi connectivity index (χ1n) is 7.05. The molecule has 0 bridgehead atoms. The van der Waals surface area contributed by atoms with Crippen LogP contribution in [-0.4, -0.2) is 18.5 Å². The minimum atomic E-state index is -0.118. The van der Waals surface area contributed by atoms with E-state index in [-0.39, 0.29) is 24.4 Å². The van der Waals surface area contributed by atoms with Crippen LogP contribution in [0.25, 0.3) is 0 Å². The highest BCUT2D eigenvalue weighted by molar-refractivity contribution is 6.05. The van der Waals surface area contributed by atoms with E-state index < -0.39 is 0 Å². The lowest BCUT2D eigenvalue weighted by atomic mass is 9.93. The molecule has 2 aliphatic rings. The van der Waals surface area contributed by atoms with E-state index in [2.05, 4.69) is 11.4 Å². The van der Waals surface area contributed by atoms with Gasteiger partial charge in [0.15, 0.2) is 17.3 Å². The van der Waals surface area contributed by atoms with Gasteiger partial charge >= 0.3 is 0 Å². The average Bonchev–Trinajstić information content (AvgIpc) is 2.94. The topological polar surface area (TPSA) is 64.6 Å². The number of ketones is 1. The Kier molecular flexibility index (Phi) is 3.64. The molecule has 0 saturated carbocycles. The molecule has 5 heteroatoms. The summed E-state index contributed by atoms with van der Waals surface area (Å²) in [5, 5.41) is 2.86. The van der Waals surface area contributed by atoms with Crippen LogP contribution in [0.4, 0.5) is 5.69 Å². The first kappa shape index (κ1) is 13.7. The van der Waals surface area contributed by atoms with Crippen LogP contribution in [0.3, 0.4) is 0 Å². The molecule has 0 spiro atoms. The Morgan fingerprint density at radius 2 is 1.95 bits per heavy atom. The molecule has 1 atom stereocenters. The maximum atomic E-state index is 12.3. The molecule has 1 amide bonds. The molecule has 0 aromatic heterocycles. The number of fused-ring (bicyclic) bond motifs is 1. The Hall–Kier alpha value is -2.30. The first-order chi connectivity index (χ1) is 10.1. The molecule has 1 aliphatic heterocycles. The van der Waals surface area contributed by atoms with Crippen LogP contribution < -0.4 is 14.8 Å². The third-order valence-corrected chi connectivity index (χ3v) is 3.79. The van der Waals surface area contributed by atoms with Gasteiger partial charge in [0.2, 0.25) is 12.7 Å². The van der Waals surface area contributed by atoms with Crippen molar-refractivity contribution in [1.29, 1.82) is 0 Å². The quantitative estimate of drug-likeness (QED) is 0.685. The fraction of sp³-hybridized carbons (Fsp3) is 0.375. The molecule has 1 heterocycles. The van der Waals surface area contributed by atoms with Gasteiger partial charge in [0.05, 0.1) is 5.69 Å². The van der Waals surface area contributed by atoms with E-state index in [1.165, 1.54) is 6.92 Å². The van der Waals surface area contributed by atoms with Crippen molar-refractivity contribution in [2.75, 3.05) is 12.1 Å². The Bertz CT molecular complexity index is 621. The second-order valence-electron chi connectivity index (χ2n) is 5.28. The maximum absolute atomic E-state index is 12.3. The largest absolute Gasteiger partial charge is 0.454 e. The molecule has 0 unspecified atom stereocenters. The summed E-state index contributed by atoms with van der Waals surface area (Å²) >= 11 is 0. The van der Waals surface area contributed by atoms with Crippen molar-refractivity contribution in [3.8, 4) is 11.5 Å². The van der Waals surface area contributed by atoms with Gasteiger partial charge in [0.25, 0.3) is 0 Å². The number of Topliss-reactive ketones (excluding diaryl/α,β-unsaturated/α-hetero) is 1. The molecule has 0 fully saturated rings. The Labute approximate surface area is 122 Å². The van der Waals surface area contributed by atoms with Gasteiger partial charge in [-0.25, -0.2) is 0 Å². The number of allylic oxidation sites excluding steroid dienone is 2. The first-order valence-corrected chi connectivity index (χ1v) is 7.05. The second-order valence-corrected chi connectivity index (χ2v) is 5.28. The Morgan fingerprint density at radius 3 is 2.62 bits per heavy atom. The van der Waals surface area contributed by atoms with Crippen molar-refractivity contribution in [3.05, 3.63) is 29.8 Å². The highest BCUT2D eigenvalue weighted by atomic mass is 16.7. The lowest BCUT2D eigenvalue weighted by molar-refractivity contribution is -0.120. The van der Waals surface area contributed by atoms with Gasteiger partial charge in [-0.1, -0.05) is 12.2 Å². The fourth-order valence-corrected chi connectivity index (χ4v) is 2.60. The number of anilines is 1. The van der Waals surface area contributed by atoms with Gasteiger partial charge in [0.1, 0.15) is 0 Å². The lowest BCUT2D eigenvalue weighted by Gasteiger charge is -2.18. The number of hydrogen-bond acceptors (Lipinski definition) is 4. The van der Waals surface area contributed by atoms with Crippen molar-refractivity contribution in [1.82, 2.24) is 0 Å². The number of hydrogen-bond donors (Lipinski definition) is 1. The Morgan fingerprint density at radius 1 is 1.19 bits per heavy atom. The van der Waals surface area contributed by atoms with E-state index >= 15 is 0 Å².